The fraction of sp³-hybridized carbons (Fsp3) is 0.440. The smallest absolute Gasteiger partial charge is 0.261 e. The van der Waals surface area contributed by atoms with E-state index in [1.54, 1.807) is 24.3 Å². The van der Waals surface area contributed by atoms with E-state index in [9.17, 15) is 19.2 Å². The first-order chi connectivity index (χ1) is 15.9. The summed E-state index contributed by atoms with van der Waals surface area (Å²) in [5, 5.41) is 9.75. The van der Waals surface area contributed by atoms with Gasteiger partial charge in [0, 0.05) is 57.1 Å². The fourth-order valence-electron chi connectivity index (χ4n) is 4.69. The number of unbranched alkanes of at least 4 members (excludes halogenated alkanes) is 2. The van der Waals surface area contributed by atoms with Crippen LogP contribution >= 0.6 is 11.8 Å². The summed E-state index contributed by atoms with van der Waals surface area (Å²) in [4.78, 5) is 55.5. The van der Waals surface area contributed by atoms with Crippen molar-refractivity contribution in [2.24, 2.45) is 0 Å². The minimum Gasteiger partial charge on any atom is -0.396 e. The molecule has 4 amide bonds. The average molecular weight is 469 g/mol. The molecular weight excluding hydrogens is 440 g/mol. The Morgan fingerprint density at radius 2 is 1.33 bits per heavy atom. The highest BCUT2D eigenvalue weighted by Crippen LogP contribution is 2.38. The van der Waals surface area contributed by atoms with Crippen LogP contribution in [0.2, 0.25) is 0 Å². The van der Waals surface area contributed by atoms with E-state index in [4.69, 9.17) is 5.11 Å². The number of aliphatic hydroxyl groups is 1. The van der Waals surface area contributed by atoms with E-state index in [1.807, 2.05) is 6.92 Å². The van der Waals surface area contributed by atoms with Gasteiger partial charge in [0.1, 0.15) is 0 Å². The summed E-state index contributed by atoms with van der Waals surface area (Å²) in [6, 6.07) is 6.18. The van der Waals surface area contributed by atoms with Crippen LogP contribution in [0.25, 0.3) is 10.8 Å². The summed E-state index contributed by atoms with van der Waals surface area (Å²) in [7, 11) is 0. The lowest BCUT2D eigenvalue weighted by Gasteiger charge is -2.34. The fourth-order valence-corrected chi connectivity index (χ4v) is 5.33. The SMILES string of the molecule is CCCCCC(C)N1C(=O)c2ccc3c4c(ccc(c24)C1=O)C(=O)N(CCSCCO)C3=O. The van der Waals surface area contributed by atoms with Crippen molar-refractivity contribution >= 4 is 46.2 Å². The number of rotatable bonds is 10. The van der Waals surface area contributed by atoms with Crippen LogP contribution < -0.4 is 0 Å². The molecule has 0 fully saturated rings. The molecule has 0 saturated heterocycles. The molecule has 1 N–H and O–H groups in total. The Labute approximate surface area is 197 Å². The maximum Gasteiger partial charge on any atom is 0.261 e. The molecule has 0 bridgehead atoms. The lowest BCUT2D eigenvalue weighted by atomic mass is 9.85. The Bertz CT molecular complexity index is 1070. The van der Waals surface area contributed by atoms with Gasteiger partial charge in [0.15, 0.2) is 0 Å². The van der Waals surface area contributed by atoms with Crippen molar-refractivity contribution in [3.05, 3.63) is 46.5 Å². The van der Waals surface area contributed by atoms with Gasteiger partial charge in [-0.1, -0.05) is 26.2 Å². The number of amides is 4. The van der Waals surface area contributed by atoms with Gasteiger partial charge in [-0.3, -0.25) is 29.0 Å². The van der Waals surface area contributed by atoms with E-state index in [1.165, 1.54) is 21.6 Å². The average Bonchev–Trinajstić information content (AvgIpc) is 2.81. The van der Waals surface area contributed by atoms with Crippen LogP contribution in [0.1, 0.15) is 81.0 Å². The first-order valence-electron chi connectivity index (χ1n) is 11.4. The number of carbonyl (C=O) groups is 4. The summed E-state index contributed by atoms with van der Waals surface area (Å²) in [6.45, 7) is 4.26. The van der Waals surface area contributed by atoms with Crippen molar-refractivity contribution in [2.75, 3.05) is 24.7 Å². The zero-order valence-electron chi connectivity index (χ0n) is 18.9. The summed E-state index contributed by atoms with van der Waals surface area (Å²) < 4.78 is 0. The molecule has 0 saturated carbocycles. The number of hydrogen-bond donors (Lipinski definition) is 1. The van der Waals surface area contributed by atoms with E-state index < -0.39 is 11.8 Å². The Hall–Kier alpha value is -2.71. The molecule has 7 nitrogen and oxygen atoms in total. The third kappa shape index (κ3) is 3.95. The maximum atomic E-state index is 13.3. The van der Waals surface area contributed by atoms with Crippen molar-refractivity contribution in [2.45, 2.75) is 45.6 Å². The number of hydrogen-bond acceptors (Lipinski definition) is 6. The predicted octanol–water partition coefficient (Wildman–Crippen LogP) is 3.73. The Morgan fingerprint density at radius 1 is 0.818 bits per heavy atom. The Morgan fingerprint density at radius 3 is 1.82 bits per heavy atom. The topological polar surface area (TPSA) is 95.0 Å². The lowest BCUT2D eigenvalue weighted by Crippen LogP contribution is -2.47. The first-order valence-corrected chi connectivity index (χ1v) is 12.6. The molecule has 2 aromatic carbocycles. The molecule has 1 unspecified atom stereocenters. The van der Waals surface area contributed by atoms with Gasteiger partial charge in [0.25, 0.3) is 23.6 Å². The molecule has 0 aromatic heterocycles. The Balaban J connectivity index is 1.73. The molecule has 0 radical (unpaired) electrons. The maximum absolute atomic E-state index is 13.3. The molecular formula is C25H28N2O5S. The van der Waals surface area contributed by atoms with Crippen molar-refractivity contribution in [1.29, 1.82) is 0 Å². The molecule has 2 aliphatic rings. The minimum atomic E-state index is -0.420. The van der Waals surface area contributed by atoms with Crippen molar-refractivity contribution in [3.8, 4) is 0 Å². The van der Waals surface area contributed by atoms with E-state index in [0.717, 1.165) is 25.7 Å². The predicted molar refractivity (Wildman–Crippen MR) is 128 cm³/mol. The number of carbonyl (C=O) groups excluding carboxylic acids is 4. The van der Waals surface area contributed by atoms with Crippen LogP contribution in [-0.2, 0) is 0 Å². The minimum absolute atomic E-state index is 0.0382. The molecule has 4 rings (SSSR count). The van der Waals surface area contributed by atoms with E-state index in [-0.39, 0.29) is 31.0 Å². The number of benzene rings is 2. The second-order valence-corrected chi connectivity index (χ2v) is 9.72. The highest BCUT2D eigenvalue weighted by molar-refractivity contribution is 7.99. The van der Waals surface area contributed by atoms with Gasteiger partial charge in [-0.15, -0.1) is 0 Å². The third-order valence-electron chi connectivity index (χ3n) is 6.37. The molecule has 174 valence electrons. The zero-order valence-corrected chi connectivity index (χ0v) is 19.7. The number of nitrogens with zero attached hydrogens (tertiary/aromatic N) is 2. The van der Waals surface area contributed by atoms with E-state index >= 15 is 0 Å². The van der Waals surface area contributed by atoms with Crippen LogP contribution in [0, 0.1) is 0 Å². The van der Waals surface area contributed by atoms with E-state index in [0.29, 0.717) is 44.5 Å². The number of aliphatic hydroxyl groups excluding tert-OH is 1. The monoisotopic (exact) mass is 468 g/mol. The van der Waals surface area contributed by atoms with Crippen LogP contribution in [0.5, 0.6) is 0 Å². The summed E-state index contributed by atoms with van der Waals surface area (Å²) in [6.07, 6.45) is 3.77. The molecule has 2 heterocycles. The summed E-state index contributed by atoms with van der Waals surface area (Å²) >= 11 is 1.46. The molecule has 1 atom stereocenters. The summed E-state index contributed by atoms with van der Waals surface area (Å²) in [5.41, 5.74) is 1.39. The molecule has 8 heteroatoms. The first kappa shape index (κ1) is 23.4. The molecule has 2 aliphatic heterocycles. The number of thioether (sulfide) groups is 1. The second kappa shape index (κ2) is 9.65. The highest BCUT2D eigenvalue weighted by atomic mass is 32.2. The quantitative estimate of drug-likeness (QED) is 0.422. The highest BCUT2D eigenvalue weighted by Gasteiger charge is 2.40. The van der Waals surface area contributed by atoms with Gasteiger partial charge in [0.05, 0.1) is 6.61 Å². The largest absolute Gasteiger partial charge is 0.396 e. The van der Waals surface area contributed by atoms with Crippen molar-refractivity contribution in [3.63, 3.8) is 0 Å². The van der Waals surface area contributed by atoms with Crippen molar-refractivity contribution < 1.29 is 24.3 Å². The van der Waals surface area contributed by atoms with Gasteiger partial charge < -0.3 is 5.11 Å². The summed E-state index contributed by atoms with van der Waals surface area (Å²) in [5.74, 6) is -0.528. The van der Waals surface area contributed by atoms with Crippen LogP contribution in [0.15, 0.2) is 24.3 Å². The second-order valence-electron chi connectivity index (χ2n) is 8.49. The third-order valence-corrected chi connectivity index (χ3v) is 7.31. The lowest BCUT2D eigenvalue weighted by molar-refractivity contribution is 0.0537. The van der Waals surface area contributed by atoms with Gasteiger partial charge in [-0.25, -0.2) is 0 Å². The van der Waals surface area contributed by atoms with Crippen LogP contribution in [-0.4, -0.2) is 69.2 Å². The molecule has 33 heavy (non-hydrogen) atoms. The molecule has 2 aromatic rings. The Kier molecular flexibility index (Phi) is 6.86. The normalized spacial score (nSPS) is 16.2. The zero-order chi connectivity index (χ0) is 23.7. The number of imide groups is 2. The van der Waals surface area contributed by atoms with Crippen molar-refractivity contribution in [1.82, 2.24) is 9.80 Å². The molecule has 0 aliphatic carbocycles. The van der Waals surface area contributed by atoms with Gasteiger partial charge in [-0.05, 0) is 37.6 Å². The van der Waals surface area contributed by atoms with E-state index in [2.05, 4.69) is 6.92 Å². The standard InChI is InChI=1S/C25H28N2O5S/c1-3-4-5-6-15(2)27-24(31)18-9-7-16-20-17(8-10-19(21(18)20)25(27)32)23(30)26(22(16)29)11-13-33-14-12-28/h7-10,15,28H,3-6,11-14H2,1-2H3. The van der Waals surface area contributed by atoms with Gasteiger partial charge in [-0.2, -0.15) is 11.8 Å². The van der Waals surface area contributed by atoms with Crippen LogP contribution in [0.3, 0.4) is 0 Å². The van der Waals surface area contributed by atoms with Gasteiger partial charge >= 0.3 is 0 Å². The van der Waals surface area contributed by atoms with Crippen LogP contribution in [0.4, 0.5) is 0 Å². The molecule has 0 spiro atoms. The van der Waals surface area contributed by atoms with Gasteiger partial charge in [0.2, 0.25) is 0 Å².